The summed E-state index contributed by atoms with van der Waals surface area (Å²) < 4.78 is 13.6. The van der Waals surface area contributed by atoms with Crippen LogP contribution in [0.15, 0.2) is 24.3 Å². The summed E-state index contributed by atoms with van der Waals surface area (Å²) in [4.78, 5) is 24.9. The highest BCUT2D eigenvalue weighted by molar-refractivity contribution is 5.89. The standard InChI is InChI=1S/C15H21FN2O2/c1-10(2)15(11(3)19)17-14(20)9-18(4)13-8-6-5-7-12(13)16/h5-8,10,15H,9H2,1-4H3,(H,17,20). The van der Waals surface area contributed by atoms with Crippen molar-refractivity contribution < 1.29 is 14.0 Å². The van der Waals surface area contributed by atoms with E-state index in [-0.39, 0.29) is 30.0 Å². The van der Waals surface area contributed by atoms with Gasteiger partial charge in [-0.1, -0.05) is 26.0 Å². The zero-order valence-corrected chi connectivity index (χ0v) is 12.3. The first-order chi connectivity index (χ1) is 9.32. The molecule has 0 spiro atoms. The summed E-state index contributed by atoms with van der Waals surface area (Å²) in [5, 5.41) is 2.68. The Balaban J connectivity index is 2.67. The van der Waals surface area contributed by atoms with E-state index in [9.17, 15) is 14.0 Å². The lowest BCUT2D eigenvalue weighted by molar-refractivity contribution is -0.127. The fourth-order valence-electron chi connectivity index (χ4n) is 2.02. The number of benzene rings is 1. The number of rotatable bonds is 6. The fourth-order valence-corrected chi connectivity index (χ4v) is 2.02. The highest BCUT2D eigenvalue weighted by Gasteiger charge is 2.21. The smallest absolute Gasteiger partial charge is 0.240 e. The van der Waals surface area contributed by atoms with Gasteiger partial charge in [0.25, 0.3) is 0 Å². The van der Waals surface area contributed by atoms with Crippen molar-refractivity contribution in [3.8, 4) is 0 Å². The molecule has 0 fully saturated rings. The third-order valence-corrected chi connectivity index (χ3v) is 3.07. The zero-order chi connectivity index (χ0) is 15.3. The molecule has 0 saturated heterocycles. The van der Waals surface area contributed by atoms with Gasteiger partial charge in [0.2, 0.25) is 5.91 Å². The van der Waals surface area contributed by atoms with E-state index >= 15 is 0 Å². The van der Waals surface area contributed by atoms with Crippen LogP contribution in [0.4, 0.5) is 10.1 Å². The second kappa shape index (κ2) is 7.03. The second-order valence-corrected chi connectivity index (χ2v) is 5.21. The number of Topliss-reactive ketones (excluding diaryl/α,β-unsaturated/α-hetero) is 1. The number of amides is 1. The zero-order valence-electron chi connectivity index (χ0n) is 12.3. The van der Waals surface area contributed by atoms with Gasteiger partial charge in [0.1, 0.15) is 5.82 Å². The van der Waals surface area contributed by atoms with Crippen LogP contribution in [0.5, 0.6) is 0 Å². The molecule has 20 heavy (non-hydrogen) atoms. The van der Waals surface area contributed by atoms with Crippen LogP contribution in [-0.2, 0) is 9.59 Å². The van der Waals surface area contributed by atoms with Crippen LogP contribution in [0.3, 0.4) is 0 Å². The molecular weight excluding hydrogens is 259 g/mol. The van der Waals surface area contributed by atoms with Crippen LogP contribution in [-0.4, -0.2) is 31.3 Å². The molecule has 0 bridgehead atoms. The molecule has 0 aliphatic heterocycles. The average molecular weight is 280 g/mol. The van der Waals surface area contributed by atoms with E-state index in [1.807, 2.05) is 13.8 Å². The molecule has 5 heteroatoms. The molecule has 1 amide bonds. The molecule has 110 valence electrons. The number of hydrogen-bond acceptors (Lipinski definition) is 3. The van der Waals surface area contributed by atoms with E-state index in [0.717, 1.165) is 0 Å². The number of hydrogen-bond donors (Lipinski definition) is 1. The lowest BCUT2D eigenvalue weighted by Crippen LogP contribution is -2.47. The van der Waals surface area contributed by atoms with Gasteiger partial charge in [0, 0.05) is 7.05 Å². The van der Waals surface area contributed by atoms with Gasteiger partial charge >= 0.3 is 0 Å². The van der Waals surface area contributed by atoms with Gasteiger partial charge in [0.15, 0.2) is 5.78 Å². The van der Waals surface area contributed by atoms with Gasteiger partial charge in [-0.05, 0) is 25.0 Å². The molecule has 0 aliphatic rings. The first-order valence-corrected chi connectivity index (χ1v) is 6.58. The first-order valence-electron chi connectivity index (χ1n) is 6.58. The van der Waals surface area contributed by atoms with Gasteiger partial charge < -0.3 is 10.2 Å². The molecule has 1 unspecified atom stereocenters. The monoisotopic (exact) mass is 280 g/mol. The highest BCUT2D eigenvalue weighted by Crippen LogP contribution is 2.16. The summed E-state index contributed by atoms with van der Waals surface area (Å²) >= 11 is 0. The van der Waals surface area contributed by atoms with E-state index in [0.29, 0.717) is 5.69 Å². The third kappa shape index (κ3) is 4.33. The first kappa shape index (κ1) is 16.1. The van der Waals surface area contributed by atoms with E-state index in [4.69, 9.17) is 0 Å². The Labute approximate surface area is 119 Å². The summed E-state index contributed by atoms with van der Waals surface area (Å²) in [6.45, 7) is 5.18. The maximum atomic E-state index is 13.6. The lowest BCUT2D eigenvalue weighted by Gasteiger charge is -2.23. The van der Waals surface area contributed by atoms with Crippen LogP contribution in [0.25, 0.3) is 0 Å². The minimum atomic E-state index is -0.503. The Hall–Kier alpha value is -1.91. The lowest BCUT2D eigenvalue weighted by atomic mass is 10.0. The number of carbonyl (C=O) groups excluding carboxylic acids is 2. The Morgan fingerprint density at radius 1 is 1.30 bits per heavy atom. The van der Waals surface area contributed by atoms with Crippen LogP contribution in [0, 0.1) is 11.7 Å². The number of halogens is 1. The quantitative estimate of drug-likeness (QED) is 0.867. The normalized spacial score (nSPS) is 12.1. The summed E-state index contributed by atoms with van der Waals surface area (Å²) in [7, 11) is 1.64. The Morgan fingerprint density at radius 2 is 1.90 bits per heavy atom. The Morgan fingerprint density at radius 3 is 2.40 bits per heavy atom. The molecule has 1 atom stereocenters. The second-order valence-electron chi connectivity index (χ2n) is 5.21. The van der Waals surface area contributed by atoms with Crippen molar-refractivity contribution in [3.63, 3.8) is 0 Å². The van der Waals surface area contributed by atoms with Crippen molar-refractivity contribution in [2.45, 2.75) is 26.8 Å². The molecule has 1 aromatic rings. The predicted molar refractivity (Wildman–Crippen MR) is 77.1 cm³/mol. The van der Waals surface area contributed by atoms with E-state index in [2.05, 4.69) is 5.32 Å². The largest absolute Gasteiger partial charge is 0.363 e. The molecule has 4 nitrogen and oxygen atoms in total. The molecule has 0 radical (unpaired) electrons. The van der Waals surface area contributed by atoms with Gasteiger partial charge in [-0.3, -0.25) is 9.59 Å². The van der Waals surface area contributed by atoms with Crippen molar-refractivity contribution in [2.75, 3.05) is 18.5 Å². The molecule has 1 N–H and O–H groups in total. The summed E-state index contributed by atoms with van der Waals surface area (Å²) in [5.74, 6) is -0.739. The number of anilines is 1. The van der Waals surface area contributed by atoms with Gasteiger partial charge in [-0.15, -0.1) is 0 Å². The average Bonchev–Trinajstić information content (AvgIpc) is 2.35. The van der Waals surface area contributed by atoms with E-state index < -0.39 is 6.04 Å². The summed E-state index contributed by atoms with van der Waals surface area (Å²) in [6.07, 6.45) is 0. The van der Waals surface area contributed by atoms with Gasteiger partial charge in [0.05, 0.1) is 18.3 Å². The van der Waals surface area contributed by atoms with Crippen LogP contribution < -0.4 is 10.2 Å². The fraction of sp³-hybridized carbons (Fsp3) is 0.467. The van der Waals surface area contributed by atoms with Crippen molar-refractivity contribution in [1.82, 2.24) is 5.32 Å². The molecule has 0 aromatic heterocycles. The molecule has 0 saturated carbocycles. The van der Waals surface area contributed by atoms with Gasteiger partial charge in [-0.25, -0.2) is 4.39 Å². The van der Waals surface area contributed by atoms with Crippen LogP contribution in [0.1, 0.15) is 20.8 Å². The number of nitrogens with zero attached hydrogens (tertiary/aromatic N) is 1. The maximum Gasteiger partial charge on any atom is 0.240 e. The number of carbonyl (C=O) groups is 2. The Kier molecular flexibility index (Phi) is 5.67. The number of para-hydroxylation sites is 1. The van der Waals surface area contributed by atoms with Crippen molar-refractivity contribution in [1.29, 1.82) is 0 Å². The SMILES string of the molecule is CC(=O)C(NC(=O)CN(C)c1ccccc1F)C(C)C. The summed E-state index contributed by atoms with van der Waals surface area (Å²) in [5.41, 5.74) is 0.353. The maximum absolute atomic E-state index is 13.6. The number of ketones is 1. The van der Waals surface area contributed by atoms with Crippen LogP contribution in [0.2, 0.25) is 0 Å². The van der Waals surface area contributed by atoms with Crippen molar-refractivity contribution >= 4 is 17.4 Å². The topological polar surface area (TPSA) is 49.4 Å². The Bertz CT molecular complexity index is 489. The molecule has 0 aliphatic carbocycles. The van der Waals surface area contributed by atoms with E-state index in [1.165, 1.54) is 17.9 Å². The molecular formula is C15H21FN2O2. The molecule has 1 aromatic carbocycles. The minimum absolute atomic E-state index is 0.00255. The van der Waals surface area contributed by atoms with E-state index in [1.54, 1.807) is 25.2 Å². The van der Waals surface area contributed by atoms with Crippen LogP contribution >= 0.6 is 0 Å². The van der Waals surface area contributed by atoms with Gasteiger partial charge in [-0.2, -0.15) is 0 Å². The number of nitrogens with one attached hydrogen (secondary N) is 1. The predicted octanol–water partition coefficient (Wildman–Crippen LogP) is 1.99. The molecule has 0 heterocycles. The highest BCUT2D eigenvalue weighted by atomic mass is 19.1. The molecule has 1 rings (SSSR count). The third-order valence-electron chi connectivity index (χ3n) is 3.07. The van der Waals surface area contributed by atoms with Crippen molar-refractivity contribution in [3.05, 3.63) is 30.1 Å². The minimum Gasteiger partial charge on any atom is -0.363 e. The number of likely N-dealkylation sites (N-methyl/N-ethyl adjacent to an activating group) is 1. The summed E-state index contributed by atoms with van der Waals surface area (Å²) in [6, 6.07) is 5.75. The van der Waals surface area contributed by atoms with Crippen molar-refractivity contribution in [2.24, 2.45) is 5.92 Å².